The summed E-state index contributed by atoms with van der Waals surface area (Å²) in [6.45, 7) is -0.0974. The zero-order valence-corrected chi connectivity index (χ0v) is 14.6. The van der Waals surface area contributed by atoms with Crippen molar-refractivity contribution in [2.75, 3.05) is 6.61 Å². The molecule has 0 bridgehead atoms. The van der Waals surface area contributed by atoms with Crippen LogP contribution in [0.2, 0.25) is 0 Å². The van der Waals surface area contributed by atoms with Gasteiger partial charge in [0.15, 0.2) is 0 Å². The molecule has 136 valence electrons. The van der Waals surface area contributed by atoms with Gasteiger partial charge in [-0.3, -0.25) is 14.9 Å². The quantitative estimate of drug-likeness (QED) is 0.278. The number of aliphatic carboxylic acids is 1. The van der Waals surface area contributed by atoms with Crippen LogP contribution in [0.4, 0.5) is 4.79 Å². The highest BCUT2D eigenvalue weighted by molar-refractivity contribution is 6.24. The van der Waals surface area contributed by atoms with Crippen LogP contribution in [-0.4, -0.2) is 46.4 Å². The predicted molar refractivity (Wildman–Crippen MR) is 89.2 cm³/mol. The minimum Gasteiger partial charge on any atom is -0.481 e. The zero-order chi connectivity index (χ0) is 18.1. The van der Waals surface area contributed by atoms with Gasteiger partial charge in [0.1, 0.15) is 0 Å². The van der Waals surface area contributed by atoms with Crippen LogP contribution in [0.5, 0.6) is 0 Å². The lowest BCUT2D eigenvalue weighted by molar-refractivity contribution is -0.137. The van der Waals surface area contributed by atoms with E-state index in [1.165, 1.54) is 0 Å². The van der Waals surface area contributed by atoms with E-state index in [1.54, 1.807) is 0 Å². The van der Waals surface area contributed by atoms with Gasteiger partial charge in [-0.1, -0.05) is 6.42 Å². The average molecular weight is 382 g/mol. The number of nitrogens with one attached hydrogen (secondary N) is 1. The number of hydrogen-bond donors (Lipinski definition) is 3. The molecular formula is C14H21Cl2N3O5. The first-order valence-corrected chi connectivity index (χ1v) is 8.47. The van der Waals surface area contributed by atoms with Crippen molar-refractivity contribution in [2.45, 2.75) is 49.3 Å². The number of guanidine groups is 1. The topological polar surface area (TPSA) is 131 Å². The summed E-state index contributed by atoms with van der Waals surface area (Å²) in [4.78, 5) is 36.9. The summed E-state index contributed by atoms with van der Waals surface area (Å²) >= 11 is 12.4. The van der Waals surface area contributed by atoms with Gasteiger partial charge in [0.2, 0.25) is 11.9 Å². The SMILES string of the molecule is NC(=NC(=O)OCCCC(=O)O)NC(=O)CC1C(Cl)CCCC1Cl. The summed E-state index contributed by atoms with van der Waals surface area (Å²) in [5.74, 6) is -1.98. The summed E-state index contributed by atoms with van der Waals surface area (Å²) < 4.78 is 4.67. The van der Waals surface area contributed by atoms with Crippen molar-refractivity contribution in [1.29, 1.82) is 0 Å². The zero-order valence-electron chi connectivity index (χ0n) is 13.0. The van der Waals surface area contributed by atoms with Crippen molar-refractivity contribution >= 4 is 47.1 Å². The average Bonchev–Trinajstić information content (AvgIpc) is 2.47. The molecule has 0 spiro atoms. The molecule has 0 aliphatic heterocycles. The Kier molecular flexibility index (Phi) is 8.84. The Hall–Kier alpha value is -1.54. The second kappa shape index (κ2) is 10.4. The standard InChI is InChI=1S/C14H21Cl2N3O5/c15-9-3-1-4-10(16)8(9)7-11(20)18-13(17)19-14(23)24-6-2-5-12(21)22/h8-10H,1-7H2,(H,21,22)(H3,17,18,19,20,23). The van der Waals surface area contributed by atoms with Crippen molar-refractivity contribution in [3.8, 4) is 0 Å². The molecule has 1 fully saturated rings. The molecule has 4 N–H and O–H groups in total. The molecule has 1 rings (SSSR count). The molecule has 1 aliphatic rings. The third kappa shape index (κ3) is 7.83. The predicted octanol–water partition coefficient (Wildman–Crippen LogP) is 1.82. The molecule has 1 saturated carbocycles. The third-order valence-electron chi connectivity index (χ3n) is 3.55. The number of aliphatic imine (C=N–C) groups is 1. The van der Waals surface area contributed by atoms with E-state index >= 15 is 0 Å². The Morgan fingerprint density at radius 1 is 1.25 bits per heavy atom. The number of hydrogen-bond acceptors (Lipinski definition) is 4. The van der Waals surface area contributed by atoms with Gasteiger partial charge in [-0.25, -0.2) is 4.79 Å². The fourth-order valence-electron chi connectivity index (χ4n) is 2.37. The second-order valence-corrected chi connectivity index (χ2v) is 6.61. The largest absolute Gasteiger partial charge is 0.481 e. The van der Waals surface area contributed by atoms with Crippen LogP contribution in [0.3, 0.4) is 0 Å². The first-order valence-electron chi connectivity index (χ1n) is 7.60. The fourth-order valence-corrected chi connectivity index (χ4v) is 3.28. The highest BCUT2D eigenvalue weighted by atomic mass is 35.5. The van der Waals surface area contributed by atoms with Crippen molar-refractivity contribution in [3.63, 3.8) is 0 Å². The van der Waals surface area contributed by atoms with E-state index in [4.69, 9.17) is 34.0 Å². The summed E-state index contributed by atoms with van der Waals surface area (Å²) in [6.07, 6.45) is 1.66. The van der Waals surface area contributed by atoms with E-state index in [-0.39, 0.29) is 42.5 Å². The number of nitrogens with two attached hydrogens (primary N) is 1. The number of carboxylic acid groups (broad SMARTS) is 1. The van der Waals surface area contributed by atoms with Gasteiger partial charge in [0.25, 0.3) is 0 Å². The van der Waals surface area contributed by atoms with Gasteiger partial charge in [-0.05, 0) is 19.3 Å². The fraction of sp³-hybridized carbons (Fsp3) is 0.714. The number of amides is 2. The molecule has 2 unspecified atom stereocenters. The molecule has 2 atom stereocenters. The highest BCUT2D eigenvalue weighted by Gasteiger charge is 2.32. The van der Waals surface area contributed by atoms with Gasteiger partial charge in [0, 0.05) is 29.5 Å². The Morgan fingerprint density at radius 3 is 2.46 bits per heavy atom. The van der Waals surface area contributed by atoms with Crippen molar-refractivity contribution in [2.24, 2.45) is 16.6 Å². The molecule has 8 nitrogen and oxygen atoms in total. The van der Waals surface area contributed by atoms with E-state index in [1.807, 2.05) is 0 Å². The molecule has 0 saturated heterocycles. The van der Waals surface area contributed by atoms with Gasteiger partial charge >= 0.3 is 12.1 Å². The highest BCUT2D eigenvalue weighted by Crippen LogP contribution is 2.34. The number of nitrogens with zero attached hydrogens (tertiary/aromatic N) is 1. The van der Waals surface area contributed by atoms with Crippen LogP contribution in [0.15, 0.2) is 4.99 Å². The van der Waals surface area contributed by atoms with Crippen molar-refractivity contribution < 1.29 is 24.2 Å². The number of carbonyl (C=O) groups is 3. The summed E-state index contributed by atoms with van der Waals surface area (Å²) in [5, 5.41) is 10.4. The molecule has 2 amide bonds. The summed E-state index contributed by atoms with van der Waals surface area (Å²) in [6, 6.07) is 0. The maximum Gasteiger partial charge on any atom is 0.436 e. The van der Waals surface area contributed by atoms with Crippen LogP contribution in [0.25, 0.3) is 0 Å². The Morgan fingerprint density at radius 2 is 1.88 bits per heavy atom. The van der Waals surface area contributed by atoms with Crippen LogP contribution >= 0.6 is 23.2 Å². The molecule has 0 heterocycles. The smallest absolute Gasteiger partial charge is 0.436 e. The summed E-state index contributed by atoms with van der Waals surface area (Å²) in [7, 11) is 0. The maximum absolute atomic E-state index is 11.9. The van der Waals surface area contributed by atoms with E-state index in [9.17, 15) is 14.4 Å². The Bertz CT molecular complexity index is 491. The van der Waals surface area contributed by atoms with E-state index in [2.05, 4.69) is 15.0 Å². The number of carboxylic acids is 1. The summed E-state index contributed by atoms with van der Waals surface area (Å²) in [5.41, 5.74) is 5.46. The number of carbonyl (C=O) groups excluding carboxylic acids is 2. The minimum absolute atomic E-state index is 0.0895. The van der Waals surface area contributed by atoms with Crippen LogP contribution in [0, 0.1) is 5.92 Å². The normalized spacial score (nSPS) is 24.2. The van der Waals surface area contributed by atoms with Gasteiger partial charge in [0.05, 0.1) is 6.61 Å². The third-order valence-corrected chi connectivity index (χ3v) is 4.63. The Labute approximate surface area is 149 Å². The minimum atomic E-state index is -0.999. The van der Waals surface area contributed by atoms with Crippen LogP contribution in [-0.2, 0) is 14.3 Å². The molecule has 10 heteroatoms. The number of rotatable bonds is 6. The van der Waals surface area contributed by atoms with Gasteiger partial charge in [-0.15, -0.1) is 28.2 Å². The van der Waals surface area contributed by atoms with Crippen molar-refractivity contribution in [1.82, 2.24) is 5.32 Å². The number of halogens is 2. The van der Waals surface area contributed by atoms with Crippen LogP contribution in [0.1, 0.15) is 38.5 Å². The monoisotopic (exact) mass is 381 g/mol. The lowest BCUT2D eigenvalue weighted by Gasteiger charge is -2.30. The number of ether oxygens (including phenoxy) is 1. The number of alkyl halides is 2. The maximum atomic E-state index is 11.9. The van der Waals surface area contributed by atoms with E-state index in [0.29, 0.717) is 0 Å². The molecule has 0 radical (unpaired) electrons. The lowest BCUT2D eigenvalue weighted by Crippen LogP contribution is -2.41. The molecule has 1 aliphatic carbocycles. The van der Waals surface area contributed by atoms with Gasteiger partial charge < -0.3 is 15.6 Å². The first kappa shape index (κ1) is 20.5. The second-order valence-electron chi connectivity index (χ2n) is 5.49. The molecule has 0 aromatic rings. The Balaban J connectivity index is 2.36. The van der Waals surface area contributed by atoms with E-state index in [0.717, 1.165) is 19.3 Å². The molecular weight excluding hydrogens is 361 g/mol. The van der Waals surface area contributed by atoms with Gasteiger partial charge in [-0.2, -0.15) is 0 Å². The van der Waals surface area contributed by atoms with Crippen LogP contribution < -0.4 is 11.1 Å². The van der Waals surface area contributed by atoms with Crippen molar-refractivity contribution in [3.05, 3.63) is 0 Å². The first-order chi connectivity index (χ1) is 11.3. The molecule has 0 aromatic heterocycles. The van der Waals surface area contributed by atoms with E-state index < -0.39 is 23.9 Å². The molecule has 24 heavy (non-hydrogen) atoms. The lowest BCUT2D eigenvalue weighted by atomic mass is 9.86. The molecule has 0 aromatic carbocycles.